The molecule has 0 fully saturated rings. The molecule has 6 aromatic rings. The van der Waals surface area contributed by atoms with Crippen LogP contribution < -0.4 is 0 Å². The first-order chi connectivity index (χ1) is 17.5. The van der Waals surface area contributed by atoms with Crippen molar-refractivity contribution >= 4 is 21.8 Å². The van der Waals surface area contributed by atoms with Crippen LogP contribution in [0.1, 0.15) is 25.0 Å². The van der Waals surface area contributed by atoms with Gasteiger partial charge >= 0.3 is 0 Å². The van der Waals surface area contributed by atoms with Gasteiger partial charge < -0.3 is 9.13 Å². The number of rotatable bonds is 5. The van der Waals surface area contributed by atoms with E-state index in [4.69, 9.17) is 4.98 Å². The van der Waals surface area contributed by atoms with Gasteiger partial charge in [-0.3, -0.25) is 4.98 Å². The van der Waals surface area contributed by atoms with Crippen molar-refractivity contribution in [2.24, 2.45) is 5.92 Å². The van der Waals surface area contributed by atoms with Crippen molar-refractivity contribution in [2.45, 2.75) is 34.2 Å². The largest absolute Gasteiger partial charge is 0.331 e. The SMILES string of the molecule is Cc1cc(-c2nccn2CC(C)C)cc(C)c1-n1c2ccccc2c2cc(-c3cccnc3)ccc21. The van der Waals surface area contributed by atoms with Crippen LogP contribution in [-0.4, -0.2) is 19.1 Å². The third kappa shape index (κ3) is 3.70. The topological polar surface area (TPSA) is 35.6 Å². The summed E-state index contributed by atoms with van der Waals surface area (Å²) in [5.74, 6) is 1.60. The molecule has 0 aliphatic rings. The molecular weight excluding hydrogens is 440 g/mol. The van der Waals surface area contributed by atoms with Crippen LogP contribution in [0, 0.1) is 19.8 Å². The smallest absolute Gasteiger partial charge is 0.139 e. The van der Waals surface area contributed by atoms with Crippen molar-refractivity contribution in [3.05, 3.63) is 103 Å². The van der Waals surface area contributed by atoms with Crippen LogP contribution >= 0.6 is 0 Å². The Hall–Kier alpha value is -4.18. The van der Waals surface area contributed by atoms with Crippen LogP contribution in [0.15, 0.2) is 91.5 Å². The van der Waals surface area contributed by atoms with E-state index in [0.29, 0.717) is 5.92 Å². The minimum atomic E-state index is 0.563. The highest BCUT2D eigenvalue weighted by molar-refractivity contribution is 6.10. The zero-order valence-corrected chi connectivity index (χ0v) is 21.2. The molecule has 6 rings (SSSR count). The van der Waals surface area contributed by atoms with Crippen LogP contribution in [0.4, 0.5) is 0 Å². The van der Waals surface area contributed by atoms with Crippen LogP contribution in [0.3, 0.4) is 0 Å². The lowest BCUT2D eigenvalue weighted by molar-refractivity contribution is 0.526. The first kappa shape index (κ1) is 22.3. The summed E-state index contributed by atoms with van der Waals surface area (Å²) >= 11 is 0. The van der Waals surface area contributed by atoms with Crippen LogP contribution in [0.2, 0.25) is 0 Å². The number of nitrogens with zero attached hydrogens (tertiary/aromatic N) is 4. The van der Waals surface area contributed by atoms with Gasteiger partial charge in [-0.25, -0.2) is 4.98 Å². The minimum absolute atomic E-state index is 0.563. The number of aryl methyl sites for hydroxylation is 2. The van der Waals surface area contributed by atoms with Crippen molar-refractivity contribution in [2.75, 3.05) is 0 Å². The highest BCUT2D eigenvalue weighted by Gasteiger charge is 2.18. The number of imidazole rings is 1. The molecule has 0 radical (unpaired) electrons. The molecule has 0 spiro atoms. The summed E-state index contributed by atoms with van der Waals surface area (Å²) < 4.78 is 4.69. The summed E-state index contributed by atoms with van der Waals surface area (Å²) in [6.07, 6.45) is 7.73. The molecular formula is C32H30N4. The lowest BCUT2D eigenvalue weighted by atomic mass is 10.0. The number of aromatic nitrogens is 4. The zero-order chi connectivity index (χ0) is 24.8. The molecule has 0 aliphatic carbocycles. The van der Waals surface area contributed by atoms with Gasteiger partial charge in [0.2, 0.25) is 0 Å². The highest BCUT2D eigenvalue weighted by atomic mass is 15.1. The van der Waals surface area contributed by atoms with Crippen LogP contribution in [-0.2, 0) is 6.54 Å². The van der Waals surface area contributed by atoms with E-state index in [1.807, 2.05) is 24.7 Å². The Kier molecular flexibility index (Phi) is 5.45. The fourth-order valence-corrected chi connectivity index (χ4v) is 5.47. The van der Waals surface area contributed by atoms with Crippen molar-refractivity contribution in [1.29, 1.82) is 0 Å². The average molecular weight is 471 g/mol. The van der Waals surface area contributed by atoms with Crippen LogP contribution in [0.25, 0.3) is 50.0 Å². The van der Waals surface area contributed by atoms with Gasteiger partial charge in [-0.1, -0.05) is 44.2 Å². The molecule has 0 atom stereocenters. The molecule has 0 saturated carbocycles. The summed E-state index contributed by atoms with van der Waals surface area (Å²) in [6, 6.07) is 24.1. The first-order valence-electron chi connectivity index (χ1n) is 12.6. The van der Waals surface area contributed by atoms with Gasteiger partial charge in [-0.2, -0.15) is 0 Å². The molecule has 3 aromatic heterocycles. The molecule has 0 amide bonds. The Balaban J connectivity index is 1.55. The quantitative estimate of drug-likeness (QED) is 0.256. The van der Waals surface area contributed by atoms with E-state index in [1.165, 1.54) is 49.7 Å². The third-order valence-corrected chi connectivity index (χ3v) is 6.92. The predicted molar refractivity (Wildman–Crippen MR) is 150 cm³/mol. The highest BCUT2D eigenvalue weighted by Crippen LogP contribution is 2.37. The summed E-state index contributed by atoms with van der Waals surface area (Å²) in [7, 11) is 0. The summed E-state index contributed by atoms with van der Waals surface area (Å²) in [6.45, 7) is 9.87. The van der Waals surface area contributed by atoms with Gasteiger partial charge in [0.25, 0.3) is 0 Å². The molecule has 36 heavy (non-hydrogen) atoms. The average Bonchev–Trinajstić information content (AvgIpc) is 3.46. The van der Waals surface area contributed by atoms with Crippen LogP contribution in [0.5, 0.6) is 0 Å². The van der Waals surface area contributed by atoms with Gasteiger partial charge in [0.1, 0.15) is 5.82 Å². The van der Waals surface area contributed by atoms with Gasteiger partial charge in [0.05, 0.1) is 16.7 Å². The maximum Gasteiger partial charge on any atom is 0.139 e. The van der Waals surface area contributed by atoms with E-state index in [0.717, 1.165) is 17.9 Å². The Labute approximate surface area is 211 Å². The Morgan fingerprint density at radius 3 is 2.28 bits per heavy atom. The monoisotopic (exact) mass is 470 g/mol. The second-order valence-electron chi connectivity index (χ2n) is 10.1. The number of benzene rings is 3. The van der Waals surface area contributed by atoms with Crippen molar-refractivity contribution in [3.8, 4) is 28.2 Å². The number of fused-ring (bicyclic) bond motifs is 3. The normalized spacial score (nSPS) is 11.7. The fourth-order valence-electron chi connectivity index (χ4n) is 5.47. The summed E-state index contributed by atoms with van der Waals surface area (Å²) in [5.41, 5.74) is 9.62. The lowest BCUT2D eigenvalue weighted by Gasteiger charge is -2.17. The predicted octanol–water partition coefficient (Wildman–Crippen LogP) is 7.98. The van der Waals surface area contributed by atoms with Gasteiger partial charge in [0.15, 0.2) is 0 Å². The molecule has 3 aromatic carbocycles. The summed E-state index contributed by atoms with van der Waals surface area (Å²) in [5, 5.41) is 2.51. The van der Waals surface area contributed by atoms with Gasteiger partial charge in [-0.15, -0.1) is 0 Å². The Bertz CT molecular complexity index is 1680. The molecule has 3 heterocycles. The number of hydrogen-bond acceptors (Lipinski definition) is 2. The number of hydrogen-bond donors (Lipinski definition) is 0. The van der Waals surface area contributed by atoms with Gasteiger partial charge in [-0.05, 0) is 72.9 Å². The van der Waals surface area contributed by atoms with E-state index >= 15 is 0 Å². The zero-order valence-electron chi connectivity index (χ0n) is 21.2. The second kappa shape index (κ2) is 8.80. The van der Waals surface area contributed by atoms with Crippen molar-refractivity contribution < 1.29 is 0 Å². The maximum atomic E-state index is 4.70. The van der Waals surface area contributed by atoms with E-state index < -0.39 is 0 Å². The fraction of sp³-hybridized carbons (Fsp3) is 0.188. The molecule has 4 heteroatoms. The van der Waals surface area contributed by atoms with E-state index in [2.05, 4.69) is 109 Å². The number of para-hydroxylation sites is 1. The molecule has 0 N–H and O–H groups in total. The molecule has 0 unspecified atom stereocenters. The van der Waals surface area contributed by atoms with E-state index in [1.54, 1.807) is 0 Å². The third-order valence-electron chi connectivity index (χ3n) is 6.92. The van der Waals surface area contributed by atoms with Gasteiger partial charge in [0, 0.05) is 53.2 Å². The standard InChI is InChI=1S/C32H30N4/c1-21(2)20-35-15-14-34-32(35)26-16-22(3)31(23(4)17-26)36-29-10-6-5-9-27(29)28-18-24(11-12-30(28)36)25-8-7-13-33-19-25/h5-19,21H,20H2,1-4H3. The summed E-state index contributed by atoms with van der Waals surface area (Å²) in [4.78, 5) is 9.02. The second-order valence-corrected chi connectivity index (χ2v) is 10.1. The maximum absolute atomic E-state index is 4.70. The van der Waals surface area contributed by atoms with Crippen molar-refractivity contribution in [3.63, 3.8) is 0 Å². The first-order valence-corrected chi connectivity index (χ1v) is 12.6. The molecule has 4 nitrogen and oxygen atoms in total. The lowest BCUT2D eigenvalue weighted by Crippen LogP contribution is -2.06. The number of pyridine rings is 1. The van der Waals surface area contributed by atoms with E-state index in [9.17, 15) is 0 Å². The Morgan fingerprint density at radius 2 is 1.53 bits per heavy atom. The Morgan fingerprint density at radius 1 is 0.750 bits per heavy atom. The van der Waals surface area contributed by atoms with E-state index in [-0.39, 0.29) is 0 Å². The van der Waals surface area contributed by atoms with Crippen molar-refractivity contribution in [1.82, 2.24) is 19.1 Å². The molecule has 0 saturated heterocycles. The molecule has 0 bridgehead atoms. The molecule has 178 valence electrons. The molecule has 0 aliphatic heterocycles. The minimum Gasteiger partial charge on any atom is -0.331 e.